The van der Waals surface area contributed by atoms with Crippen LogP contribution in [0.15, 0.2) is 48.5 Å². The molecule has 1 unspecified atom stereocenters. The summed E-state index contributed by atoms with van der Waals surface area (Å²) in [5.41, 5.74) is 2.67. The summed E-state index contributed by atoms with van der Waals surface area (Å²) in [4.78, 5) is 15.8. The van der Waals surface area contributed by atoms with Crippen molar-refractivity contribution >= 4 is 17.6 Å². The maximum absolute atomic E-state index is 10.9. The highest BCUT2D eigenvalue weighted by Gasteiger charge is 2.23. The second kappa shape index (κ2) is 8.00. The summed E-state index contributed by atoms with van der Waals surface area (Å²) in [5, 5.41) is 9.80. The first-order valence-corrected chi connectivity index (χ1v) is 8.95. The number of aromatic carboxylic acids is 1. The van der Waals surface area contributed by atoms with E-state index in [1.165, 1.54) is 5.56 Å². The zero-order valence-corrected chi connectivity index (χ0v) is 15.1. The fourth-order valence-electron chi connectivity index (χ4n) is 3.33. The van der Waals surface area contributed by atoms with E-state index in [1.54, 1.807) is 12.1 Å². The van der Waals surface area contributed by atoms with E-state index in [9.17, 15) is 4.79 Å². The number of halogens is 1. The Morgan fingerprint density at radius 2 is 1.72 bits per heavy atom. The second-order valence-electron chi connectivity index (χ2n) is 6.51. The van der Waals surface area contributed by atoms with Gasteiger partial charge in [0.2, 0.25) is 0 Å². The maximum Gasteiger partial charge on any atom is 0.335 e. The summed E-state index contributed by atoms with van der Waals surface area (Å²) >= 11 is 6.33. The molecule has 0 radical (unpaired) electrons. The molecule has 2 aromatic carbocycles. The van der Waals surface area contributed by atoms with E-state index in [0.717, 1.165) is 43.3 Å². The fraction of sp³-hybridized carbons (Fsp3) is 0.350. The Kier molecular flexibility index (Phi) is 5.74. The first-order valence-electron chi connectivity index (χ1n) is 8.57. The molecule has 0 aliphatic carbocycles. The molecule has 1 fully saturated rings. The lowest BCUT2D eigenvalue weighted by Crippen LogP contribution is -2.46. The van der Waals surface area contributed by atoms with Gasteiger partial charge in [-0.25, -0.2) is 4.79 Å². The lowest BCUT2D eigenvalue weighted by atomic mass is 10.1. The third-order valence-electron chi connectivity index (χ3n) is 4.92. The molecule has 0 aromatic heterocycles. The van der Waals surface area contributed by atoms with E-state index < -0.39 is 5.97 Å². The van der Waals surface area contributed by atoms with E-state index in [1.807, 2.05) is 30.3 Å². The van der Waals surface area contributed by atoms with Gasteiger partial charge >= 0.3 is 5.97 Å². The minimum atomic E-state index is -0.881. The summed E-state index contributed by atoms with van der Waals surface area (Å²) in [7, 11) is 0. The highest BCUT2D eigenvalue weighted by Crippen LogP contribution is 2.27. The molecule has 0 bridgehead atoms. The average Bonchev–Trinajstić information content (AvgIpc) is 2.63. The van der Waals surface area contributed by atoms with Crippen molar-refractivity contribution in [3.63, 3.8) is 0 Å². The third-order valence-corrected chi connectivity index (χ3v) is 5.26. The van der Waals surface area contributed by atoms with Crippen molar-refractivity contribution in [2.75, 3.05) is 26.2 Å². The van der Waals surface area contributed by atoms with Crippen molar-refractivity contribution in [2.24, 2.45) is 0 Å². The number of rotatable bonds is 5. The molecule has 1 aliphatic heterocycles. The van der Waals surface area contributed by atoms with Crippen LogP contribution in [0.25, 0.3) is 0 Å². The molecule has 25 heavy (non-hydrogen) atoms. The Balaban J connectivity index is 1.55. The van der Waals surface area contributed by atoms with Crippen molar-refractivity contribution < 1.29 is 9.90 Å². The summed E-state index contributed by atoms with van der Waals surface area (Å²) in [6.45, 7) is 7.06. The lowest BCUT2D eigenvalue weighted by Gasteiger charge is -2.38. The number of piperazine rings is 1. The van der Waals surface area contributed by atoms with E-state index in [4.69, 9.17) is 16.7 Å². The largest absolute Gasteiger partial charge is 0.478 e. The fourth-order valence-corrected chi connectivity index (χ4v) is 3.62. The van der Waals surface area contributed by atoms with Crippen molar-refractivity contribution in [2.45, 2.75) is 19.5 Å². The van der Waals surface area contributed by atoms with Gasteiger partial charge in [0, 0.05) is 43.8 Å². The van der Waals surface area contributed by atoms with Crippen molar-refractivity contribution in [3.05, 3.63) is 70.2 Å². The zero-order valence-electron chi connectivity index (χ0n) is 14.4. The van der Waals surface area contributed by atoms with Crippen LogP contribution >= 0.6 is 11.6 Å². The molecule has 132 valence electrons. The number of hydrogen-bond donors (Lipinski definition) is 1. The average molecular weight is 359 g/mol. The van der Waals surface area contributed by atoms with Gasteiger partial charge in [0.05, 0.1) is 5.56 Å². The number of carbonyl (C=O) groups is 1. The molecule has 4 nitrogen and oxygen atoms in total. The van der Waals surface area contributed by atoms with E-state index in [-0.39, 0.29) is 0 Å². The SMILES string of the molecule is CC(c1ccccc1Cl)N1CCN(Cc2ccc(C(=O)O)cc2)CC1. The van der Waals surface area contributed by atoms with Crippen LogP contribution in [0.3, 0.4) is 0 Å². The number of nitrogens with zero attached hydrogens (tertiary/aromatic N) is 2. The van der Waals surface area contributed by atoms with Gasteiger partial charge in [0.1, 0.15) is 0 Å². The summed E-state index contributed by atoms with van der Waals surface area (Å²) in [6.07, 6.45) is 0. The Hall–Kier alpha value is -1.88. The molecule has 3 rings (SSSR count). The standard InChI is InChI=1S/C20H23ClN2O2/c1-15(18-4-2-3-5-19(18)21)23-12-10-22(11-13-23)14-16-6-8-17(9-7-16)20(24)25/h2-9,15H,10-14H2,1H3,(H,24,25). The van der Waals surface area contributed by atoms with Gasteiger partial charge in [-0.05, 0) is 36.2 Å². The van der Waals surface area contributed by atoms with Crippen LogP contribution in [0.1, 0.15) is 34.5 Å². The molecule has 2 aromatic rings. The first-order chi connectivity index (χ1) is 12.0. The van der Waals surface area contributed by atoms with Gasteiger partial charge in [0.15, 0.2) is 0 Å². The molecule has 1 atom stereocenters. The normalized spacial score (nSPS) is 17.4. The molecule has 1 aliphatic rings. The molecular weight excluding hydrogens is 336 g/mol. The van der Waals surface area contributed by atoms with Crippen LogP contribution in [-0.4, -0.2) is 47.1 Å². The van der Waals surface area contributed by atoms with Crippen LogP contribution in [0.4, 0.5) is 0 Å². The minimum Gasteiger partial charge on any atom is -0.478 e. The van der Waals surface area contributed by atoms with Crippen molar-refractivity contribution in [1.82, 2.24) is 9.80 Å². The van der Waals surface area contributed by atoms with Crippen LogP contribution in [0, 0.1) is 0 Å². The summed E-state index contributed by atoms with van der Waals surface area (Å²) in [6, 6.07) is 15.5. The van der Waals surface area contributed by atoms with E-state index in [0.29, 0.717) is 11.6 Å². The quantitative estimate of drug-likeness (QED) is 0.879. The van der Waals surface area contributed by atoms with Gasteiger partial charge in [-0.3, -0.25) is 9.80 Å². The van der Waals surface area contributed by atoms with E-state index in [2.05, 4.69) is 22.8 Å². The van der Waals surface area contributed by atoms with Gasteiger partial charge < -0.3 is 5.11 Å². The Labute approximate surface area is 153 Å². The topological polar surface area (TPSA) is 43.8 Å². The smallest absolute Gasteiger partial charge is 0.335 e. The highest BCUT2D eigenvalue weighted by atomic mass is 35.5. The van der Waals surface area contributed by atoms with Crippen LogP contribution < -0.4 is 0 Å². The molecule has 0 amide bonds. The molecule has 0 spiro atoms. The summed E-state index contributed by atoms with van der Waals surface area (Å²) < 4.78 is 0. The predicted molar refractivity (Wildman–Crippen MR) is 100 cm³/mol. The molecule has 0 saturated carbocycles. The molecule has 1 heterocycles. The van der Waals surface area contributed by atoms with Crippen molar-refractivity contribution in [1.29, 1.82) is 0 Å². The monoisotopic (exact) mass is 358 g/mol. The summed E-state index contributed by atoms with van der Waals surface area (Å²) in [5.74, 6) is -0.881. The third kappa shape index (κ3) is 4.40. The van der Waals surface area contributed by atoms with Crippen LogP contribution in [-0.2, 0) is 6.54 Å². The molecule has 5 heteroatoms. The van der Waals surface area contributed by atoms with Gasteiger partial charge in [0.25, 0.3) is 0 Å². The first kappa shape index (κ1) is 17.9. The number of benzene rings is 2. The molecule has 1 N–H and O–H groups in total. The highest BCUT2D eigenvalue weighted by molar-refractivity contribution is 6.31. The molecule has 1 saturated heterocycles. The predicted octanol–water partition coefficient (Wildman–Crippen LogP) is 3.92. The second-order valence-corrected chi connectivity index (χ2v) is 6.92. The molecular formula is C20H23ClN2O2. The van der Waals surface area contributed by atoms with Crippen LogP contribution in [0.2, 0.25) is 5.02 Å². The number of hydrogen-bond acceptors (Lipinski definition) is 3. The minimum absolute atomic E-state index is 0.311. The van der Waals surface area contributed by atoms with Gasteiger partial charge in [-0.1, -0.05) is 41.9 Å². The Bertz CT molecular complexity index is 725. The zero-order chi connectivity index (χ0) is 17.8. The number of carboxylic acids is 1. The Morgan fingerprint density at radius 1 is 1.08 bits per heavy atom. The van der Waals surface area contributed by atoms with Gasteiger partial charge in [-0.15, -0.1) is 0 Å². The van der Waals surface area contributed by atoms with Gasteiger partial charge in [-0.2, -0.15) is 0 Å². The van der Waals surface area contributed by atoms with E-state index >= 15 is 0 Å². The lowest BCUT2D eigenvalue weighted by molar-refractivity contribution is 0.0697. The number of carboxylic acid groups (broad SMARTS) is 1. The Morgan fingerprint density at radius 3 is 2.32 bits per heavy atom. The maximum atomic E-state index is 10.9. The van der Waals surface area contributed by atoms with Crippen molar-refractivity contribution in [3.8, 4) is 0 Å². The van der Waals surface area contributed by atoms with Crippen LogP contribution in [0.5, 0.6) is 0 Å².